The molecule has 0 aliphatic rings. The van der Waals surface area contributed by atoms with Crippen molar-refractivity contribution in [2.75, 3.05) is 6.54 Å². The summed E-state index contributed by atoms with van der Waals surface area (Å²) in [4.78, 5) is 10.8. The minimum atomic E-state index is -0.197. The number of ketones is 1. The summed E-state index contributed by atoms with van der Waals surface area (Å²) in [5.74, 6) is 0.0966. The fraction of sp³-hybridized carbons (Fsp3) is 0.167. The van der Waals surface area contributed by atoms with Crippen LogP contribution in [0.1, 0.15) is 10.6 Å². The van der Waals surface area contributed by atoms with E-state index in [0.717, 1.165) is 0 Å². The number of hydrogen-bond donors (Lipinski definition) is 1. The average molecular weight is 204 g/mol. The topological polar surface area (TPSA) is 56.2 Å². The number of Topliss-reactive ketones (excluding diaryl/α,β-unsaturated/α-hetero) is 1. The van der Waals surface area contributed by atoms with Gasteiger partial charge in [-0.2, -0.15) is 0 Å². The summed E-state index contributed by atoms with van der Waals surface area (Å²) < 4.78 is 5.50. The summed E-state index contributed by atoms with van der Waals surface area (Å²) in [7, 11) is 0. The molecular formula is C6H6BrNO2. The Balaban J connectivity index is 2.93. The Hall–Kier alpha value is -0.610. The molecule has 0 unspecified atom stereocenters. The van der Waals surface area contributed by atoms with Crippen molar-refractivity contribution in [3.8, 4) is 0 Å². The summed E-state index contributed by atoms with van der Waals surface area (Å²) in [5, 5.41) is 0. The minimum absolute atomic E-state index is 0.0217. The number of carbonyl (C=O) groups is 1. The number of furan rings is 1. The summed E-state index contributed by atoms with van der Waals surface area (Å²) in [6.07, 6.45) is 1.44. The maximum Gasteiger partial charge on any atom is 0.212 e. The fourth-order valence-electron chi connectivity index (χ4n) is 0.585. The second kappa shape index (κ2) is 2.98. The van der Waals surface area contributed by atoms with Crippen molar-refractivity contribution in [1.29, 1.82) is 0 Å². The predicted octanol–water partition coefficient (Wildman–Crippen LogP) is 1.18. The highest BCUT2D eigenvalue weighted by Crippen LogP contribution is 2.17. The van der Waals surface area contributed by atoms with E-state index in [0.29, 0.717) is 10.2 Å². The predicted molar refractivity (Wildman–Crippen MR) is 39.8 cm³/mol. The first kappa shape index (κ1) is 7.50. The quantitative estimate of drug-likeness (QED) is 0.736. The summed E-state index contributed by atoms with van der Waals surface area (Å²) >= 11 is 3.14. The molecule has 1 aromatic heterocycles. The summed E-state index contributed by atoms with van der Waals surface area (Å²) in [6.45, 7) is -0.0217. The first-order valence-electron chi connectivity index (χ1n) is 2.72. The van der Waals surface area contributed by atoms with Gasteiger partial charge < -0.3 is 10.2 Å². The van der Waals surface area contributed by atoms with Gasteiger partial charge in [0.15, 0.2) is 5.76 Å². The number of halogens is 1. The third-order valence-electron chi connectivity index (χ3n) is 1.06. The zero-order valence-electron chi connectivity index (χ0n) is 5.13. The molecule has 4 heteroatoms. The molecule has 0 spiro atoms. The minimum Gasteiger partial charge on any atom is -0.460 e. The SMILES string of the molecule is NCC(=O)c1occc1Br. The van der Waals surface area contributed by atoms with Crippen molar-refractivity contribution < 1.29 is 9.21 Å². The van der Waals surface area contributed by atoms with Crippen LogP contribution in [-0.4, -0.2) is 12.3 Å². The van der Waals surface area contributed by atoms with E-state index in [1.54, 1.807) is 6.07 Å². The van der Waals surface area contributed by atoms with E-state index >= 15 is 0 Å². The van der Waals surface area contributed by atoms with Crippen LogP contribution in [0.15, 0.2) is 21.2 Å². The van der Waals surface area contributed by atoms with Crippen molar-refractivity contribution in [1.82, 2.24) is 0 Å². The van der Waals surface area contributed by atoms with Crippen molar-refractivity contribution in [2.45, 2.75) is 0 Å². The summed E-state index contributed by atoms with van der Waals surface area (Å²) in [6, 6.07) is 1.66. The Morgan fingerprint density at radius 2 is 2.50 bits per heavy atom. The Bertz CT molecular complexity index is 244. The number of rotatable bonds is 2. The number of hydrogen-bond acceptors (Lipinski definition) is 3. The first-order valence-corrected chi connectivity index (χ1v) is 3.51. The third kappa shape index (κ3) is 1.27. The van der Waals surface area contributed by atoms with Crippen LogP contribution in [-0.2, 0) is 0 Å². The highest BCUT2D eigenvalue weighted by atomic mass is 79.9. The molecule has 0 saturated heterocycles. The molecule has 0 fully saturated rings. The van der Waals surface area contributed by atoms with Crippen LogP contribution in [0.4, 0.5) is 0 Å². The lowest BCUT2D eigenvalue weighted by molar-refractivity contribution is 0.0974. The maximum atomic E-state index is 10.8. The van der Waals surface area contributed by atoms with Gasteiger partial charge >= 0.3 is 0 Å². The summed E-state index contributed by atoms with van der Waals surface area (Å²) in [5.41, 5.74) is 5.10. The van der Waals surface area contributed by atoms with Crippen LogP contribution in [0.5, 0.6) is 0 Å². The Morgan fingerprint density at radius 3 is 2.90 bits per heavy atom. The third-order valence-corrected chi connectivity index (χ3v) is 1.68. The van der Waals surface area contributed by atoms with Crippen LogP contribution >= 0.6 is 15.9 Å². The molecule has 1 heterocycles. The van der Waals surface area contributed by atoms with E-state index < -0.39 is 0 Å². The van der Waals surface area contributed by atoms with Gasteiger partial charge in [-0.15, -0.1) is 0 Å². The van der Waals surface area contributed by atoms with E-state index in [-0.39, 0.29) is 12.3 Å². The number of carbonyl (C=O) groups excluding carboxylic acids is 1. The van der Waals surface area contributed by atoms with E-state index in [2.05, 4.69) is 15.9 Å². The molecule has 0 aromatic carbocycles. The molecule has 0 saturated carbocycles. The van der Waals surface area contributed by atoms with Gasteiger partial charge in [0.1, 0.15) is 0 Å². The van der Waals surface area contributed by atoms with Gasteiger partial charge in [0.25, 0.3) is 0 Å². The van der Waals surface area contributed by atoms with Gasteiger partial charge in [-0.1, -0.05) is 0 Å². The smallest absolute Gasteiger partial charge is 0.212 e. The molecule has 0 aliphatic carbocycles. The molecule has 0 atom stereocenters. The molecule has 2 N–H and O–H groups in total. The second-order valence-electron chi connectivity index (χ2n) is 1.72. The highest BCUT2D eigenvalue weighted by molar-refractivity contribution is 9.10. The second-order valence-corrected chi connectivity index (χ2v) is 2.58. The zero-order chi connectivity index (χ0) is 7.56. The van der Waals surface area contributed by atoms with Crippen LogP contribution < -0.4 is 5.73 Å². The molecule has 10 heavy (non-hydrogen) atoms. The van der Waals surface area contributed by atoms with Crippen molar-refractivity contribution in [3.05, 3.63) is 22.6 Å². The van der Waals surface area contributed by atoms with E-state index in [4.69, 9.17) is 10.2 Å². The zero-order valence-corrected chi connectivity index (χ0v) is 6.72. The standard InChI is InChI=1S/C6H6BrNO2/c7-4-1-2-10-6(4)5(9)3-8/h1-2H,3,8H2. The van der Waals surface area contributed by atoms with Gasteiger partial charge in [-0.3, -0.25) is 4.79 Å². The van der Waals surface area contributed by atoms with Crippen molar-refractivity contribution in [2.24, 2.45) is 5.73 Å². The molecule has 54 valence electrons. The molecule has 0 aliphatic heterocycles. The van der Waals surface area contributed by atoms with Crippen molar-refractivity contribution in [3.63, 3.8) is 0 Å². The monoisotopic (exact) mass is 203 g/mol. The molecular weight excluding hydrogens is 198 g/mol. The first-order chi connectivity index (χ1) is 4.75. The van der Waals surface area contributed by atoms with Crippen LogP contribution in [0.25, 0.3) is 0 Å². The molecule has 0 radical (unpaired) electrons. The van der Waals surface area contributed by atoms with Gasteiger partial charge in [0.2, 0.25) is 5.78 Å². The van der Waals surface area contributed by atoms with Crippen LogP contribution in [0.3, 0.4) is 0 Å². The average Bonchev–Trinajstić information content (AvgIpc) is 2.34. The van der Waals surface area contributed by atoms with Crippen LogP contribution in [0, 0.1) is 0 Å². The van der Waals surface area contributed by atoms with E-state index in [9.17, 15) is 4.79 Å². The maximum absolute atomic E-state index is 10.8. The normalized spacial score (nSPS) is 9.80. The number of nitrogens with two attached hydrogens (primary N) is 1. The van der Waals surface area contributed by atoms with Gasteiger partial charge in [-0.25, -0.2) is 0 Å². The van der Waals surface area contributed by atoms with E-state index in [1.807, 2.05) is 0 Å². The van der Waals surface area contributed by atoms with Gasteiger partial charge in [-0.05, 0) is 22.0 Å². The van der Waals surface area contributed by atoms with Gasteiger partial charge in [0, 0.05) is 0 Å². The molecule has 1 aromatic rings. The Labute approximate surface area is 66.3 Å². The fourth-order valence-corrected chi connectivity index (χ4v) is 1.01. The molecule has 1 rings (SSSR count). The van der Waals surface area contributed by atoms with Crippen molar-refractivity contribution >= 4 is 21.7 Å². The van der Waals surface area contributed by atoms with Crippen LogP contribution in [0.2, 0.25) is 0 Å². The Kier molecular flexibility index (Phi) is 2.24. The molecule has 0 bridgehead atoms. The molecule has 3 nitrogen and oxygen atoms in total. The van der Waals surface area contributed by atoms with Gasteiger partial charge in [0.05, 0.1) is 17.3 Å². The lowest BCUT2D eigenvalue weighted by Crippen LogP contribution is -2.12. The lowest BCUT2D eigenvalue weighted by atomic mass is 10.3. The highest BCUT2D eigenvalue weighted by Gasteiger charge is 2.10. The Morgan fingerprint density at radius 1 is 1.80 bits per heavy atom. The van der Waals surface area contributed by atoms with E-state index in [1.165, 1.54) is 6.26 Å². The lowest BCUT2D eigenvalue weighted by Gasteiger charge is -1.90. The molecule has 0 amide bonds. The largest absolute Gasteiger partial charge is 0.460 e.